The van der Waals surface area contributed by atoms with Crippen LogP contribution in [0.2, 0.25) is 0 Å². The Hall–Kier alpha value is -5.03. The number of carbonyl (C=O) groups is 1. The molecule has 1 aliphatic carbocycles. The predicted octanol–water partition coefficient (Wildman–Crippen LogP) is 8.41. The number of anilines is 2. The van der Waals surface area contributed by atoms with Gasteiger partial charge in [-0.25, -0.2) is 4.79 Å². The topological polar surface area (TPSA) is 73.6 Å². The van der Waals surface area contributed by atoms with Crippen molar-refractivity contribution in [2.45, 2.75) is 32.3 Å². The van der Waals surface area contributed by atoms with Gasteiger partial charge in [-0.05, 0) is 90.7 Å². The number of nitrogens with one attached hydrogen (secondary N) is 1. The van der Waals surface area contributed by atoms with Gasteiger partial charge in [-0.2, -0.15) is 0 Å². The largest absolute Gasteiger partial charge is 0.472 e. The molecule has 1 unspecified atom stereocenters. The Morgan fingerprint density at radius 3 is 2.43 bits per heavy atom. The highest BCUT2D eigenvalue weighted by molar-refractivity contribution is 6.06. The van der Waals surface area contributed by atoms with Crippen LogP contribution in [0.25, 0.3) is 28.0 Å². The third-order valence-corrected chi connectivity index (χ3v) is 8.41. The first kappa shape index (κ1) is 25.9. The van der Waals surface area contributed by atoms with E-state index in [4.69, 9.17) is 15.2 Å². The molecule has 0 bridgehead atoms. The van der Waals surface area contributed by atoms with Crippen LogP contribution in [0.15, 0.2) is 97.1 Å². The van der Waals surface area contributed by atoms with Crippen LogP contribution in [0, 0.1) is 6.92 Å². The Kier molecular flexibility index (Phi) is 6.23. The van der Waals surface area contributed by atoms with Crippen molar-refractivity contribution in [2.75, 3.05) is 17.7 Å². The first-order valence-corrected chi connectivity index (χ1v) is 14.4. The second-order valence-electron chi connectivity index (χ2n) is 11.0. The van der Waals surface area contributed by atoms with E-state index in [1.807, 2.05) is 48.5 Å². The maximum absolute atomic E-state index is 12.0. The van der Waals surface area contributed by atoms with E-state index in [1.165, 1.54) is 33.2 Å². The minimum Gasteiger partial charge on any atom is -0.472 e. The SMILES string of the molecule is CCOC(=O)Nc1ccc(C2(c3ccc(N)cc3)C=Cc3c4c(c5ccc(C)cc5c3O2)-c2ccccc2CC4)cc1. The molecule has 0 spiro atoms. The maximum atomic E-state index is 12.0. The second kappa shape index (κ2) is 10.1. The van der Waals surface area contributed by atoms with E-state index in [0.717, 1.165) is 40.7 Å². The summed E-state index contributed by atoms with van der Waals surface area (Å²) in [6, 6.07) is 31.0. The Balaban J connectivity index is 1.43. The quantitative estimate of drug-likeness (QED) is 0.220. The van der Waals surface area contributed by atoms with Crippen LogP contribution >= 0.6 is 0 Å². The molecular weight excluding hydrogens is 520 g/mol. The van der Waals surface area contributed by atoms with Crippen LogP contribution in [0.1, 0.15) is 40.3 Å². The molecule has 3 N–H and O–H groups in total. The van der Waals surface area contributed by atoms with E-state index in [1.54, 1.807) is 6.92 Å². The highest BCUT2D eigenvalue weighted by Gasteiger charge is 2.39. The normalized spacial score (nSPS) is 16.6. The van der Waals surface area contributed by atoms with Crippen LogP contribution in [-0.2, 0) is 23.2 Å². The summed E-state index contributed by atoms with van der Waals surface area (Å²) in [5.74, 6) is 0.889. The fourth-order valence-electron chi connectivity index (χ4n) is 6.43. The van der Waals surface area contributed by atoms with Crippen molar-refractivity contribution in [1.82, 2.24) is 0 Å². The molecule has 0 saturated heterocycles. The Morgan fingerprint density at radius 2 is 1.67 bits per heavy atom. The van der Waals surface area contributed by atoms with Gasteiger partial charge in [0.1, 0.15) is 5.75 Å². The van der Waals surface area contributed by atoms with Gasteiger partial charge in [-0.3, -0.25) is 5.32 Å². The lowest BCUT2D eigenvalue weighted by Crippen LogP contribution is -2.34. The molecule has 208 valence electrons. The molecule has 2 aliphatic rings. The van der Waals surface area contributed by atoms with E-state index in [2.05, 4.69) is 66.9 Å². The standard InChI is InChI=1S/C37H32N2O3/c1-3-41-36(40)39-28-16-12-26(13-17-28)37(25-10-14-27(38)15-11-25)21-20-32-30-19-9-24-6-4-5-7-29(24)34(30)31-18-8-23(2)22-33(31)35(32)42-37/h4-8,10-18,20-22H,3,9,19,38H2,1-2H3,(H,39,40). The van der Waals surface area contributed by atoms with Gasteiger partial charge in [0.2, 0.25) is 0 Å². The minimum atomic E-state index is -0.902. The second-order valence-corrected chi connectivity index (χ2v) is 11.0. The van der Waals surface area contributed by atoms with E-state index in [-0.39, 0.29) is 0 Å². The summed E-state index contributed by atoms with van der Waals surface area (Å²) in [5.41, 5.74) is 16.1. The monoisotopic (exact) mass is 552 g/mol. The Bertz CT molecular complexity index is 1870. The van der Waals surface area contributed by atoms with E-state index in [9.17, 15) is 4.79 Å². The van der Waals surface area contributed by atoms with Gasteiger partial charge in [0.25, 0.3) is 0 Å². The zero-order valence-corrected chi connectivity index (χ0v) is 23.7. The van der Waals surface area contributed by atoms with Gasteiger partial charge in [-0.1, -0.05) is 72.3 Å². The van der Waals surface area contributed by atoms with Crippen LogP contribution in [0.3, 0.4) is 0 Å². The van der Waals surface area contributed by atoms with Gasteiger partial charge in [0, 0.05) is 33.5 Å². The minimum absolute atomic E-state index is 0.310. The Labute approximate surface area is 245 Å². The molecule has 1 heterocycles. The van der Waals surface area contributed by atoms with Crippen molar-refractivity contribution >= 4 is 34.3 Å². The number of benzene rings is 5. The smallest absolute Gasteiger partial charge is 0.411 e. The number of ether oxygens (including phenoxy) is 2. The maximum Gasteiger partial charge on any atom is 0.411 e. The molecule has 5 nitrogen and oxygen atoms in total. The average Bonchev–Trinajstić information content (AvgIpc) is 3.01. The van der Waals surface area contributed by atoms with Gasteiger partial charge in [0.05, 0.1) is 6.61 Å². The van der Waals surface area contributed by atoms with Crippen LogP contribution < -0.4 is 15.8 Å². The number of rotatable bonds is 4. The van der Waals surface area contributed by atoms with Crippen molar-refractivity contribution in [3.8, 4) is 16.9 Å². The number of nitrogen functional groups attached to an aromatic ring is 1. The summed E-state index contributed by atoms with van der Waals surface area (Å²) in [7, 11) is 0. The van der Waals surface area contributed by atoms with Crippen LogP contribution in [0.4, 0.5) is 16.2 Å². The molecule has 5 heteroatoms. The summed E-state index contributed by atoms with van der Waals surface area (Å²) in [5, 5.41) is 5.09. The van der Waals surface area contributed by atoms with Gasteiger partial charge in [-0.15, -0.1) is 0 Å². The molecule has 5 aromatic carbocycles. The molecule has 5 aromatic rings. The number of carbonyl (C=O) groups excluding carboxylic acids is 1. The zero-order valence-electron chi connectivity index (χ0n) is 23.7. The highest BCUT2D eigenvalue weighted by Crippen LogP contribution is 2.51. The summed E-state index contributed by atoms with van der Waals surface area (Å²) in [4.78, 5) is 12.0. The highest BCUT2D eigenvalue weighted by atomic mass is 16.5. The third kappa shape index (κ3) is 4.20. The van der Waals surface area contributed by atoms with E-state index < -0.39 is 11.7 Å². The number of aryl methyl sites for hydroxylation is 2. The van der Waals surface area contributed by atoms with Gasteiger partial charge in [0.15, 0.2) is 5.60 Å². The summed E-state index contributed by atoms with van der Waals surface area (Å²) in [6.45, 7) is 4.22. The molecule has 0 aromatic heterocycles. The van der Waals surface area contributed by atoms with E-state index in [0.29, 0.717) is 18.0 Å². The molecule has 1 aliphatic heterocycles. The number of nitrogens with two attached hydrogens (primary N) is 1. The third-order valence-electron chi connectivity index (χ3n) is 8.41. The van der Waals surface area contributed by atoms with Crippen LogP contribution in [-0.4, -0.2) is 12.7 Å². The van der Waals surface area contributed by atoms with Crippen LogP contribution in [0.5, 0.6) is 5.75 Å². The number of fused-ring (bicyclic) bond motifs is 8. The predicted molar refractivity (Wildman–Crippen MR) is 170 cm³/mol. The lowest BCUT2D eigenvalue weighted by molar-refractivity contribution is 0.163. The number of amides is 1. The van der Waals surface area contributed by atoms with Crippen molar-refractivity contribution in [3.05, 3.63) is 130 Å². The first-order chi connectivity index (χ1) is 20.5. The molecule has 0 fully saturated rings. The number of hydrogen-bond acceptors (Lipinski definition) is 4. The lowest BCUT2D eigenvalue weighted by Gasteiger charge is -2.38. The molecule has 7 rings (SSSR count). The van der Waals surface area contributed by atoms with Gasteiger partial charge < -0.3 is 15.2 Å². The Morgan fingerprint density at radius 1 is 0.929 bits per heavy atom. The van der Waals surface area contributed by atoms with E-state index >= 15 is 0 Å². The summed E-state index contributed by atoms with van der Waals surface area (Å²) >= 11 is 0. The average molecular weight is 553 g/mol. The first-order valence-electron chi connectivity index (χ1n) is 14.4. The molecule has 42 heavy (non-hydrogen) atoms. The fraction of sp³-hybridized carbons (Fsp3) is 0.162. The van der Waals surface area contributed by atoms with Crippen molar-refractivity contribution < 1.29 is 14.3 Å². The molecule has 0 radical (unpaired) electrons. The van der Waals surface area contributed by atoms with Crippen molar-refractivity contribution in [2.24, 2.45) is 0 Å². The number of hydrogen-bond donors (Lipinski definition) is 2. The molecular formula is C37H32N2O3. The lowest BCUT2D eigenvalue weighted by atomic mass is 9.77. The zero-order chi connectivity index (χ0) is 28.8. The molecule has 0 saturated carbocycles. The fourth-order valence-corrected chi connectivity index (χ4v) is 6.43. The summed E-state index contributed by atoms with van der Waals surface area (Å²) < 4.78 is 12.3. The molecule has 1 amide bonds. The van der Waals surface area contributed by atoms with Gasteiger partial charge >= 0.3 is 6.09 Å². The van der Waals surface area contributed by atoms with Crippen molar-refractivity contribution in [3.63, 3.8) is 0 Å². The summed E-state index contributed by atoms with van der Waals surface area (Å²) in [6.07, 6.45) is 5.88. The molecule has 1 atom stereocenters. The van der Waals surface area contributed by atoms with Crippen molar-refractivity contribution in [1.29, 1.82) is 0 Å².